The first kappa shape index (κ1) is 12.9. The van der Waals surface area contributed by atoms with Crippen LogP contribution in [0.2, 0.25) is 0 Å². The maximum absolute atomic E-state index is 5.78. The molecule has 0 atom stereocenters. The molecule has 0 radical (unpaired) electrons. The molecule has 0 aliphatic rings. The lowest BCUT2D eigenvalue weighted by atomic mass is 10.2. The molecule has 5 nitrogen and oxygen atoms in total. The molecule has 0 fully saturated rings. The molecule has 20 heavy (non-hydrogen) atoms. The van der Waals surface area contributed by atoms with Crippen molar-refractivity contribution in [2.24, 2.45) is 5.73 Å². The van der Waals surface area contributed by atoms with E-state index in [1.165, 1.54) is 10.9 Å². The smallest absolute Gasteiger partial charge is 0.106 e. The Balaban J connectivity index is 2.09. The van der Waals surface area contributed by atoms with Crippen molar-refractivity contribution in [3.05, 3.63) is 47.7 Å². The summed E-state index contributed by atoms with van der Waals surface area (Å²) in [6, 6.07) is 8.34. The molecular weight excluding hydrogens is 250 g/mol. The number of hydrogen-bond acceptors (Lipinski definition) is 3. The van der Waals surface area contributed by atoms with Gasteiger partial charge in [0.05, 0.1) is 23.4 Å². The van der Waals surface area contributed by atoms with Crippen molar-refractivity contribution < 1.29 is 0 Å². The van der Waals surface area contributed by atoms with E-state index in [1.54, 1.807) is 0 Å². The Morgan fingerprint density at radius 1 is 1.25 bits per heavy atom. The summed E-state index contributed by atoms with van der Waals surface area (Å²) in [5, 5.41) is 5.93. The van der Waals surface area contributed by atoms with Crippen LogP contribution in [-0.2, 0) is 19.6 Å². The van der Waals surface area contributed by atoms with Gasteiger partial charge >= 0.3 is 0 Å². The van der Waals surface area contributed by atoms with E-state index in [-0.39, 0.29) is 0 Å². The topological polar surface area (TPSA) is 61.7 Å². The lowest BCUT2D eigenvalue weighted by molar-refractivity contribution is 0.639. The molecule has 0 bridgehead atoms. The first-order valence-corrected chi connectivity index (χ1v) is 6.90. The van der Waals surface area contributed by atoms with Gasteiger partial charge in [-0.25, -0.2) is 4.98 Å². The Morgan fingerprint density at radius 3 is 2.80 bits per heavy atom. The summed E-state index contributed by atoms with van der Waals surface area (Å²) < 4.78 is 4.17. The Bertz CT molecular complexity index is 738. The number of aromatic nitrogens is 4. The van der Waals surface area contributed by atoms with Crippen molar-refractivity contribution in [1.82, 2.24) is 19.3 Å². The highest BCUT2D eigenvalue weighted by molar-refractivity contribution is 5.81. The molecule has 104 valence electrons. The molecule has 5 heteroatoms. The van der Waals surface area contributed by atoms with E-state index < -0.39 is 0 Å². The fourth-order valence-electron chi connectivity index (χ4n) is 2.60. The van der Waals surface area contributed by atoms with E-state index in [9.17, 15) is 0 Å². The number of rotatable bonds is 4. The van der Waals surface area contributed by atoms with Crippen LogP contribution in [0.1, 0.15) is 24.1 Å². The van der Waals surface area contributed by atoms with E-state index in [2.05, 4.69) is 34.7 Å². The summed E-state index contributed by atoms with van der Waals surface area (Å²) in [6.45, 7) is 6.18. The van der Waals surface area contributed by atoms with Crippen LogP contribution in [0, 0.1) is 6.92 Å². The van der Waals surface area contributed by atoms with Crippen LogP contribution in [-0.4, -0.2) is 19.3 Å². The number of nitrogens with zero attached hydrogens (tertiary/aromatic N) is 4. The van der Waals surface area contributed by atoms with Crippen LogP contribution < -0.4 is 5.73 Å². The van der Waals surface area contributed by atoms with Crippen molar-refractivity contribution in [3.63, 3.8) is 0 Å². The minimum Gasteiger partial charge on any atom is -0.325 e. The fraction of sp³-hybridized carbons (Fsp3) is 0.333. The molecule has 0 aliphatic heterocycles. The van der Waals surface area contributed by atoms with Gasteiger partial charge in [-0.3, -0.25) is 4.68 Å². The molecule has 2 heterocycles. The standard InChI is InChI=1S/C15H19N5/c1-3-20-15-7-5-4-6-13(15)14(18-20)10-19-11(2)17-9-12(19)8-16/h4-7,9H,3,8,10,16H2,1-2H3. The average Bonchev–Trinajstić information content (AvgIpc) is 3.01. The van der Waals surface area contributed by atoms with Crippen molar-refractivity contribution in [1.29, 1.82) is 0 Å². The highest BCUT2D eigenvalue weighted by atomic mass is 15.3. The minimum absolute atomic E-state index is 0.493. The number of fused-ring (bicyclic) bond motifs is 1. The Kier molecular flexibility index (Phi) is 3.28. The normalized spacial score (nSPS) is 11.3. The lowest BCUT2D eigenvalue weighted by Crippen LogP contribution is -2.10. The molecule has 2 N–H and O–H groups in total. The van der Waals surface area contributed by atoms with Gasteiger partial charge in [0.1, 0.15) is 5.82 Å². The number of imidazole rings is 1. The zero-order valence-corrected chi connectivity index (χ0v) is 11.9. The molecule has 3 aromatic rings. The quantitative estimate of drug-likeness (QED) is 0.788. The van der Waals surface area contributed by atoms with Gasteiger partial charge in [0.25, 0.3) is 0 Å². The largest absolute Gasteiger partial charge is 0.325 e. The van der Waals surface area contributed by atoms with Gasteiger partial charge in [-0.2, -0.15) is 5.10 Å². The Morgan fingerprint density at radius 2 is 2.05 bits per heavy atom. The summed E-state index contributed by atoms with van der Waals surface area (Å²) >= 11 is 0. The lowest BCUT2D eigenvalue weighted by Gasteiger charge is -2.07. The van der Waals surface area contributed by atoms with Crippen LogP contribution >= 0.6 is 0 Å². The maximum Gasteiger partial charge on any atom is 0.106 e. The fourth-order valence-corrected chi connectivity index (χ4v) is 2.60. The van der Waals surface area contributed by atoms with Crippen LogP contribution in [0.5, 0.6) is 0 Å². The van der Waals surface area contributed by atoms with Crippen molar-refractivity contribution in [2.75, 3.05) is 0 Å². The monoisotopic (exact) mass is 269 g/mol. The SMILES string of the molecule is CCn1nc(Cn2c(CN)cnc2C)c2ccccc21. The number of aryl methyl sites for hydroxylation is 2. The molecule has 0 aliphatic carbocycles. The maximum atomic E-state index is 5.78. The third kappa shape index (κ3) is 2.00. The van der Waals surface area contributed by atoms with Crippen LogP contribution in [0.4, 0.5) is 0 Å². The van der Waals surface area contributed by atoms with Gasteiger partial charge in [0.15, 0.2) is 0 Å². The van der Waals surface area contributed by atoms with Gasteiger partial charge in [-0.1, -0.05) is 18.2 Å². The van der Waals surface area contributed by atoms with Gasteiger partial charge in [0, 0.05) is 24.7 Å². The molecule has 0 saturated heterocycles. The molecule has 0 saturated carbocycles. The molecule has 0 spiro atoms. The number of para-hydroxylation sites is 1. The predicted octanol–water partition coefficient (Wildman–Crippen LogP) is 2.07. The summed E-state index contributed by atoms with van der Waals surface area (Å²) in [5.41, 5.74) is 9.06. The van der Waals surface area contributed by atoms with Gasteiger partial charge < -0.3 is 10.3 Å². The van der Waals surface area contributed by atoms with E-state index in [1.807, 2.05) is 23.9 Å². The Hall–Kier alpha value is -2.14. The van der Waals surface area contributed by atoms with Crippen molar-refractivity contribution >= 4 is 10.9 Å². The molecule has 0 amide bonds. The van der Waals surface area contributed by atoms with Gasteiger partial charge in [-0.05, 0) is 19.9 Å². The highest BCUT2D eigenvalue weighted by Gasteiger charge is 2.12. The van der Waals surface area contributed by atoms with Gasteiger partial charge in [-0.15, -0.1) is 0 Å². The van der Waals surface area contributed by atoms with Crippen LogP contribution in [0.3, 0.4) is 0 Å². The van der Waals surface area contributed by atoms with Crippen LogP contribution in [0.15, 0.2) is 30.5 Å². The predicted molar refractivity (Wildman–Crippen MR) is 79.4 cm³/mol. The van der Waals surface area contributed by atoms with E-state index in [4.69, 9.17) is 10.8 Å². The number of hydrogen-bond donors (Lipinski definition) is 1. The van der Waals surface area contributed by atoms with Gasteiger partial charge in [0.2, 0.25) is 0 Å². The summed E-state index contributed by atoms with van der Waals surface area (Å²) in [6.07, 6.45) is 1.84. The molecule has 1 aromatic carbocycles. The van der Waals surface area contributed by atoms with E-state index >= 15 is 0 Å². The zero-order valence-electron chi connectivity index (χ0n) is 11.9. The highest BCUT2D eigenvalue weighted by Crippen LogP contribution is 2.20. The van der Waals surface area contributed by atoms with Crippen molar-refractivity contribution in [2.45, 2.75) is 33.5 Å². The first-order chi connectivity index (χ1) is 9.74. The Labute approximate surface area is 118 Å². The third-order valence-electron chi connectivity index (χ3n) is 3.69. The summed E-state index contributed by atoms with van der Waals surface area (Å²) in [7, 11) is 0. The minimum atomic E-state index is 0.493. The second-order valence-electron chi connectivity index (χ2n) is 4.87. The summed E-state index contributed by atoms with van der Waals surface area (Å²) in [4.78, 5) is 4.34. The number of nitrogens with two attached hydrogens (primary N) is 1. The summed E-state index contributed by atoms with van der Waals surface area (Å²) in [5.74, 6) is 0.973. The molecule has 0 unspecified atom stereocenters. The second kappa shape index (κ2) is 5.09. The molecule has 3 rings (SSSR count). The average molecular weight is 269 g/mol. The van der Waals surface area contributed by atoms with E-state index in [0.29, 0.717) is 13.1 Å². The van der Waals surface area contributed by atoms with Crippen LogP contribution in [0.25, 0.3) is 10.9 Å². The molecular formula is C15H19N5. The molecule has 2 aromatic heterocycles. The van der Waals surface area contributed by atoms with Crippen molar-refractivity contribution in [3.8, 4) is 0 Å². The number of benzene rings is 1. The van der Waals surface area contributed by atoms with E-state index in [0.717, 1.165) is 23.8 Å². The third-order valence-corrected chi connectivity index (χ3v) is 3.69. The first-order valence-electron chi connectivity index (χ1n) is 6.90. The zero-order chi connectivity index (χ0) is 14.1. The second-order valence-corrected chi connectivity index (χ2v) is 4.87.